The molecule has 0 aromatic rings. The molecule has 3 nitrogen and oxygen atoms in total. The molecule has 64 valence electrons. The van der Waals surface area contributed by atoms with Crippen molar-refractivity contribution in [3.8, 4) is 0 Å². The maximum absolute atomic E-state index is 10.9. The monoisotopic (exact) mass is 157 g/mol. The molecule has 11 heavy (non-hydrogen) atoms. The Hall–Kier alpha value is -0.570. The van der Waals surface area contributed by atoms with E-state index in [4.69, 9.17) is 5.11 Å². The van der Waals surface area contributed by atoms with Crippen LogP contribution in [-0.2, 0) is 4.79 Å². The lowest BCUT2D eigenvalue weighted by atomic mass is 9.79. The fourth-order valence-corrected chi connectivity index (χ4v) is 1.72. The Kier molecular flexibility index (Phi) is 2.18. The molecule has 0 aromatic heterocycles. The first-order chi connectivity index (χ1) is 5.11. The van der Waals surface area contributed by atoms with E-state index in [0.29, 0.717) is 12.5 Å². The fourth-order valence-electron chi connectivity index (χ4n) is 1.72. The van der Waals surface area contributed by atoms with Gasteiger partial charge in [-0.15, -0.1) is 0 Å². The Morgan fingerprint density at radius 2 is 2.45 bits per heavy atom. The number of rotatable bonds is 2. The number of carbonyl (C=O) groups is 1. The summed E-state index contributed by atoms with van der Waals surface area (Å²) in [6, 6.07) is 0. The third-order valence-corrected chi connectivity index (χ3v) is 2.77. The lowest BCUT2D eigenvalue weighted by Crippen LogP contribution is -2.35. The summed E-state index contributed by atoms with van der Waals surface area (Å²) < 4.78 is 0. The first-order valence-electron chi connectivity index (χ1n) is 4.05. The second kappa shape index (κ2) is 2.81. The zero-order valence-corrected chi connectivity index (χ0v) is 7.05. The van der Waals surface area contributed by atoms with Crippen molar-refractivity contribution in [2.45, 2.75) is 20.3 Å². The van der Waals surface area contributed by atoms with Crippen LogP contribution < -0.4 is 5.32 Å². The highest BCUT2D eigenvalue weighted by Crippen LogP contribution is 2.33. The van der Waals surface area contributed by atoms with Crippen LogP contribution >= 0.6 is 0 Å². The van der Waals surface area contributed by atoms with Gasteiger partial charge < -0.3 is 10.4 Å². The molecular formula is C8H15NO2. The van der Waals surface area contributed by atoms with Crippen LogP contribution in [0.5, 0.6) is 0 Å². The van der Waals surface area contributed by atoms with Crippen LogP contribution in [0.4, 0.5) is 0 Å². The van der Waals surface area contributed by atoms with E-state index in [0.717, 1.165) is 13.0 Å². The minimum atomic E-state index is -0.672. The van der Waals surface area contributed by atoms with E-state index in [1.165, 1.54) is 0 Å². The smallest absolute Gasteiger partial charge is 0.310 e. The van der Waals surface area contributed by atoms with Gasteiger partial charge in [0, 0.05) is 6.54 Å². The van der Waals surface area contributed by atoms with Crippen LogP contribution in [0.2, 0.25) is 0 Å². The van der Waals surface area contributed by atoms with E-state index < -0.39 is 11.4 Å². The quantitative estimate of drug-likeness (QED) is 0.620. The first kappa shape index (κ1) is 8.53. The van der Waals surface area contributed by atoms with Gasteiger partial charge in [0.1, 0.15) is 0 Å². The van der Waals surface area contributed by atoms with Gasteiger partial charge in [-0.2, -0.15) is 0 Å². The molecule has 1 heterocycles. The van der Waals surface area contributed by atoms with Gasteiger partial charge in [-0.1, -0.05) is 13.3 Å². The van der Waals surface area contributed by atoms with Crippen molar-refractivity contribution in [3.05, 3.63) is 0 Å². The molecule has 2 N–H and O–H groups in total. The van der Waals surface area contributed by atoms with Gasteiger partial charge >= 0.3 is 5.97 Å². The van der Waals surface area contributed by atoms with Gasteiger partial charge in [0.25, 0.3) is 0 Å². The minimum Gasteiger partial charge on any atom is -0.481 e. The topological polar surface area (TPSA) is 49.3 Å². The molecular weight excluding hydrogens is 142 g/mol. The van der Waals surface area contributed by atoms with Gasteiger partial charge in [-0.05, 0) is 19.4 Å². The average molecular weight is 157 g/mol. The van der Waals surface area contributed by atoms with E-state index in [1.54, 1.807) is 0 Å². The molecule has 0 aromatic carbocycles. The minimum absolute atomic E-state index is 0.292. The van der Waals surface area contributed by atoms with E-state index in [-0.39, 0.29) is 0 Å². The second-order valence-electron chi connectivity index (χ2n) is 3.46. The highest BCUT2D eigenvalue weighted by Gasteiger charge is 2.43. The van der Waals surface area contributed by atoms with E-state index in [1.807, 2.05) is 13.8 Å². The molecule has 0 saturated carbocycles. The second-order valence-corrected chi connectivity index (χ2v) is 3.46. The molecule has 1 aliphatic heterocycles. The average Bonchev–Trinajstić information content (AvgIpc) is 2.32. The third kappa shape index (κ3) is 1.25. The Morgan fingerprint density at radius 3 is 2.82 bits per heavy atom. The van der Waals surface area contributed by atoms with E-state index in [9.17, 15) is 4.79 Å². The van der Waals surface area contributed by atoms with Crippen molar-refractivity contribution < 1.29 is 9.90 Å². The van der Waals surface area contributed by atoms with Crippen LogP contribution in [0.3, 0.4) is 0 Å². The normalized spacial score (nSPS) is 37.5. The molecule has 0 unspecified atom stereocenters. The van der Waals surface area contributed by atoms with Crippen molar-refractivity contribution in [2.24, 2.45) is 11.3 Å². The van der Waals surface area contributed by atoms with Crippen molar-refractivity contribution in [2.75, 3.05) is 13.1 Å². The standard InChI is InChI=1S/C8H15NO2/c1-3-6-4-9-5-8(6,2)7(10)11/h6,9H,3-5H2,1-2H3,(H,10,11)/t6-,8-/m0/s1. The summed E-state index contributed by atoms with van der Waals surface area (Å²) in [5.74, 6) is -0.380. The summed E-state index contributed by atoms with van der Waals surface area (Å²) in [6.45, 7) is 5.32. The number of carboxylic acid groups (broad SMARTS) is 1. The molecule has 1 rings (SSSR count). The van der Waals surface area contributed by atoms with Crippen LogP contribution in [0.25, 0.3) is 0 Å². The summed E-state index contributed by atoms with van der Waals surface area (Å²) in [6.07, 6.45) is 0.940. The number of carboxylic acids is 1. The Balaban J connectivity index is 2.75. The summed E-state index contributed by atoms with van der Waals surface area (Å²) in [5.41, 5.74) is -0.533. The molecule has 1 aliphatic rings. The third-order valence-electron chi connectivity index (χ3n) is 2.77. The molecule has 0 amide bonds. The van der Waals surface area contributed by atoms with Gasteiger partial charge in [0.2, 0.25) is 0 Å². The molecule has 0 aliphatic carbocycles. The summed E-state index contributed by atoms with van der Waals surface area (Å²) in [4.78, 5) is 10.9. The van der Waals surface area contributed by atoms with Crippen LogP contribution in [0.1, 0.15) is 20.3 Å². The predicted octanol–water partition coefficient (Wildman–Crippen LogP) is 0.707. The largest absolute Gasteiger partial charge is 0.481 e. The Labute approximate surface area is 66.8 Å². The predicted molar refractivity (Wildman–Crippen MR) is 42.4 cm³/mol. The number of aliphatic carboxylic acids is 1. The fraction of sp³-hybridized carbons (Fsp3) is 0.875. The van der Waals surface area contributed by atoms with Gasteiger partial charge in [-0.25, -0.2) is 0 Å². The maximum Gasteiger partial charge on any atom is 0.310 e. The van der Waals surface area contributed by atoms with Crippen molar-refractivity contribution >= 4 is 5.97 Å². The molecule has 0 radical (unpaired) electrons. The molecule has 0 spiro atoms. The highest BCUT2D eigenvalue weighted by molar-refractivity contribution is 5.75. The first-order valence-corrected chi connectivity index (χ1v) is 4.05. The van der Waals surface area contributed by atoms with Gasteiger partial charge in [0.05, 0.1) is 5.41 Å². The molecule has 2 atom stereocenters. The van der Waals surface area contributed by atoms with E-state index >= 15 is 0 Å². The van der Waals surface area contributed by atoms with Crippen LogP contribution in [0.15, 0.2) is 0 Å². The number of hydrogen-bond donors (Lipinski definition) is 2. The van der Waals surface area contributed by atoms with Crippen LogP contribution in [-0.4, -0.2) is 24.2 Å². The molecule has 0 bridgehead atoms. The lowest BCUT2D eigenvalue weighted by Gasteiger charge is -2.24. The SMILES string of the molecule is CC[C@H]1CNC[C@]1(C)C(=O)O. The van der Waals surface area contributed by atoms with Crippen molar-refractivity contribution in [3.63, 3.8) is 0 Å². The maximum atomic E-state index is 10.9. The molecule has 1 fully saturated rings. The highest BCUT2D eigenvalue weighted by atomic mass is 16.4. The van der Waals surface area contributed by atoms with E-state index in [2.05, 4.69) is 5.32 Å². The van der Waals surface area contributed by atoms with Crippen molar-refractivity contribution in [1.82, 2.24) is 5.32 Å². The number of hydrogen-bond acceptors (Lipinski definition) is 2. The van der Waals surface area contributed by atoms with Gasteiger partial charge in [-0.3, -0.25) is 4.79 Å². The molecule has 3 heteroatoms. The van der Waals surface area contributed by atoms with Crippen LogP contribution in [0, 0.1) is 11.3 Å². The Bertz CT molecular complexity index is 169. The summed E-state index contributed by atoms with van der Waals surface area (Å²) >= 11 is 0. The zero-order chi connectivity index (χ0) is 8.48. The van der Waals surface area contributed by atoms with Gasteiger partial charge in [0.15, 0.2) is 0 Å². The lowest BCUT2D eigenvalue weighted by molar-refractivity contribution is -0.149. The summed E-state index contributed by atoms with van der Waals surface area (Å²) in [5, 5.41) is 12.0. The Morgan fingerprint density at radius 1 is 1.82 bits per heavy atom. The zero-order valence-electron chi connectivity index (χ0n) is 7.05. The number of nitrogens with one attached hydrogen (secondary N) is 1. The summed E-state index contributed by atoms with van der Waals surface area (Å²) in [7, 11) is 0. The molecule has 1 saturated heterocycles. The van der Waals surface area contributed by atoms with Crippen molar-refractivity contribution in [1.29, 1.82) is 0 Å².